The maximum Gasteiger partial charge on any atom is 0.256 e. The highest BCUT2D eigenvalue weighted by Gasteiger charge is 2.17. The van der Waals surface area contributed by atoms with Crippen LogP contribution in [0.1, 0.15) is 40.0 Å². The molecule has 1 unspecified atom stereocenters. The molecule has 1 N–H and O–H groups in total. The number of nitrogens with one attached hydrogen (secondary N) is 1. The summed E-state index contributed by atoms with van der Waals surface area (Å²) in [4.78, 5) is 12.9. The van der Waals surface area contributed by atoms with E-state index < -0.39 is 0 Å². The lowest BCUT2D eigenvalue weighted by Gasteiger charge is -2.13. The molecule has 0 spiro atoms. The topological polar surface area (TPSA) is 65.4 Å². The van der Waals surface area contributed by atoms with Crippen molar-refractivity contribution in [1.82, 2.24) is 9.78 Å². The van der Waals surface area contributed by atoms with Crippen molar-refractivity contribution in [3.8, 4) is 11.4 Å². The van der Waals surface area contributed by atoms with Crippen LogP contribution < -0.4 is 10.1 Å². The molecule has 6 heteroatoms. The predicted molar refractivity (Wildman–Crippen MR) is 117 cm³/mol. The van der Waals surface area contributed by atoms with Crippen LogP contribution in [0.2, 0.25) is 0 Å². The number of aryl methyl sites for hydroxylation is 3. The number of amides is 1. The van der Waals surface area contributed by atoms with Crippen LogP contribution >= 0.6 is 0 Å². The quantitative estimate of drug-likeness (QED) is 0.651. The van der Waals surface area contributed by atoms with Crippen LogP contribution in [-0.2, 0) is 4.74 Å². The van der Waals surface area contributed by atoms with Crippen LogP contribution in [-0.4, -0.2) is 35.0 Å². The first-order valence-electron chi connectivity index (χ1n) is 10.3. The lowest BCUT2D eigenvalue weighted by Crippen LogP contribution is -2.17. The van der Waals surface area contributed by atoms with E-state index in [1.165, 1.54) is 0 Å². The van der Waals surface area contributed by atoms with E-state index in [1.807, 2.05) is 39.0 Å². The zero-order valence-corrected chi connectivity index (χ0v) is 17.6. The molecular weight excluding hydrogens is 378 g/mol. The molecule has 30 heavy (non-hydrogen) atoms. The van der Waals surface area contributed by atoms with Gasteiger partial charge in [-0.2, -0.15) is 5.10 Å². The third-order valence-electron chi connectivity index (χ3n) is 5.08. The van der Waals surface area contributed by atoms with Crippen LogP contribution in [0.5, 0.6) is 5.75 Å². The lowest BCUT2D eigenvalue weighted by molar-refractivity contribution is 0.0679. The molecule has 2 aromatic carbocycles. The highest BCUT2D eigenvalue weighted by molar-refractivity contribution is 6.04. The number of anilines is 1. The maximum atomic E-state index is 12.9. The molecule has 0 radical (unpaired) electrons. The Labute approximate surface area is 176 Å². The molecule has 1 amide bonds. The van der Waals surface area contributed by atoms with E-state index in [0.29, 0.717) is 23.7 Å². The van der Waals surface area contributed by atoms with Crippen molar-refractivity contribution in [2.24, 2.45) is 0 Å². The van der Waals surface area contributed by atoms with E-state index in [0.717, 1.165) is 42.0 Å². The fraction of sp³-hybridized carbons (Fsp3) is 0.333. The molecule has 4 rings (SSSR count). The van der Waals surface area contributed by atoms with Gasteiger partial charge in [-0.25, -0.2) is 4.68 Å². The van der Waals surface area contributed by atoms with Gasteiger partial charge in [-0.1, -0.05) is 12.1 Å². The first-order chi connectivity index (χ1) is 14.5. The normalized spacial score (nSPS) is 15.9. The van der Waals surface area contributed by atoms with Crippen molar-refractivity contribution in [2.45, 2.75) is 39.7 Å². The lowest BCUT2D eigenvalue weighted by atomic mass is 10.1. The SMILES string of the molecule is Cc1cc(C)cc(-n2nc(C)cc2NC(=O)c2cccc(OCC3CCCO3)c2)c1. The average Bonchev–Trinajstić information content (AvgIpc) is 3.35. The van der Waals surface area contributed by atoms with E-state index in [2.05, 4.69) is 28.6 Å². The van der Waals surface area contributed by atoms with E-state index in [4.69, 9.17) is 9.47 Å². The van der Waals surface area contributed by atoms with Crippen LogP contribution in [0.25, 0.3) is 5.69 Å². The summed E-state index contributed by atoms with van der Waals surface area (Å²) in [6.45, 7) is 7.31. The summed E-state index contributed by atoms with van der Waals surface area (Å²) >= 11 is 0. The van der Waals surface area contributed by atoms with Gasteiger partial charge in [0.2, 0.25) is 0 Å². The van der Waals surface area contributed by atoms with Gasteiger partial charge in [0, 0.05) is 18.2 Å². The minimum Gasteiger partial charge on any atom is -0.491 e. The van der Waals surface area contributed by atoms with Gasteiger partial charge in [0.15, 0.2) is 0 Å². The molecule has 0 bridgehead atoms. The number of hydrogen-bond donors (Lipinski definition) is 1. The molecule has 6 nitrogen and oxygen atoms in total. The van der Waals surface area contributed by atoms with Gasteiger partial charge in [0.25, 0.3) is 5.91 Å². The average molecular weight is 405 g/mol. The minimum atomic E-state index is -0.205. The van der Waals surface area contributed by atoms with Gasteiger partial charge in [0.1, 0.15) is 18.2 Å². The molecule has 1 aliphatic rings. The molecule has 2 heterocycles. The monoisotopic (exact) mass is 405 g/mol. The van der Waals surface area contributed by atoms with Gasteiger partial charge < -0.3 is 14.8 Å². The molecule has 1 fully saturated rings. The highest BCUT2D eigenvalue weighted by atomic mass is 16.5. The van der Waals surface area contributed by atoms with Crippen LogP contribution in [0, 0.1) is 20.8 Å². The summed E-state index contributed by atoms with van der Waals surface area (Å²) in [5, 5.41) is 7.56. The molecule has 1 saturated heterocycles. The van der Waals surface area contributed by atoms with Crippen molar-refractivity contribution in [2.75, 3.05) is 18.5 Å². The van der Waals surface area contributed by atoms with Gasteiger partial charge in [-0.15, -0.1) is 0 Å². The van der Waals surface area contributed by atoms with Gasteiger partial charge in [-0.05, 0) is 75.1 Å². The molecule has 3 aromatic rings. The van der Waals surface area contributed by atoms with Crippen LogP contribution in [0.4, 0.5) is 5.82 Å². The van der Waals surface area contributed by atoms with Crippen LogP contribution in [0.15, 0.2) is 48.5 Å². The number of benzene rings is 2. The fourth-order valence-electron chi connectivity index (χ4n) is 3.74. The molecular formula is C24H27N3O3. The van der Waals surface area contributed by atoms with Crippen LogP contribution in [0.3, 0.4) is 0 Å². The fourth-order valence-corrected chi connectivity index (χ4v) is 3.74. The predicted octanol–water partition coefficient (Wildman–Crippen LogP) is 4.61. The summed E-state index contributed by atoms with van der Waals surface area (Å²) < 4.78 is 13.2. The number of aromatic nitrogens is 2. The second-order valence-electron chi connectivity index (χ2n) is 7.86. The Morgan fingerprint density at radius 3 is 2.70 bits per heavy atom. The van der Waals surface area contributed by atoms with Crippen molar-refractivity contribution in [3.63, 3.8) is 0 Å². The van der Waals surface area contributed by atoms with Crippen molar-refractivity contribution < 1.29 is 14.3 Å². The Hall–Kier alpha value is -3.12. The van der Waals surface area contributed by atoms with Gasteiger partial charge in [-0.3, -0.25) is 4.79 Å². The number of rotatable bonds is 6. The maximum absolute atomic E-state index is 12.9. The number of carbonyl (C=O) groups is 1. The third kappa shape index (κ3) is 4.71. The van der Waals surface area contributed by atoms with Gasteiger partial charge in [0.05, 0.1) is 17.5 Å². The largest absolute Gasteiger partial charge is 0.491 e. The highest BCUT2D eigenvalue weighted by Crippen LogP contribution is 2.22. The molecule has 0 aliphatic carbocycles. The van der Waals surface area contributed by atoms with E-state index in [9.17, 15) is 4.79 Å². The molecule has 1 aliphatic heterocycles. The standard InChI is InChI=1S/C24H27N3O3/c1-16-10-17(2)12-20(11-16)27-23(13-18(3)26-27)25-24(28)19-6-4-7-21(14-19)30-15-22-8-5-9-29-22/h4,6-7,10-14,22H,5,8-9,15H2,1-3H3,(H,25,28). The smallest absolute Gasteiger partial charge is 0.256 e. The van der Waals surface area contributed by atoms with Crippen molar-refractivity contribution >= 4 is 11.7 Å². The Kier molecular flexibility index (Phi) is 5.86. The first kappa shape index (κ1) is 20.2. The Bertz CT molecular complexity index is 1030. The number of hydrogen-bond acceptors (Lipinski definition) is 4. The summed E-state index contributed by atoms with van der Waals surface area (Å²) in [6.07, 6.45) is 2.23. The second kappa shape index (κ2) is 8.71. The zero-order chi connectivity index (χ0) is 21.1. The summed E-state index contributed by atoms with van der Waals surface area (Å²) in [5.74, 6) is 1.09. The summed E-state index contributed by atoms with van der Waals surface area (Å²) in [6, 6.07) is 15.3. The van der Waals surface area contributed by atoms with Crippen molar-refractivity contribution in [3.05, 3.63) is 70.9 Å². The molecule has 156 valence electrons. The molecule has 1 atom stereocenters. The zero-order valence-electron chi connectivity index (χ0n) is 17.6. The molecule has 1 aromatic heterocycles. The summed E-state index contributed by atoms with van der Waals surface area (Å²) in [5.41, 5.74) is 4.58. The Balaban J connectivity index is 1.51. The van der Waals surface area contributed by atoms with E-state index in [1.54, 1.807) is 16.8 Å². The van der Waals surface area contributed by atoms with Gasteiger partial charge >= 0.3 is 0 Å². The number of carbonyl (C=O) groups excluding carboxylic acids is 1. The minimum absolute atomic E-state index is 0.137. The van der Waals surface area contributed by atoms with Crippen molar-refractivity contribution in [1.29, 1.82) is 0 Å². The third-order valence-corrected chi connectivity index (χ3v) is 5.08. The van der Waals surface area contributed by atoms with E-state index >= 15 is 0 Å². The second-order valence-corrected chi connectivity index (χ2v) is 7.86. The number of nitrogens with zero attached hydrogens (tertiary/aromatic N) is 2. The number of ether oxygens (including phenoxy) is 2. The molecule has 0 saturated carbocycles. The summed E-state index contributed by atoms with van der Waals surface area (Å²) in [7, 11) is 0. The van der Waals surface area contributed by atoms with E-state index in [-0.39, 0.29) is 12.0 Å². The Morgan fingerprint density at radius 2 is 1.97 bits per heavy atom. The Morgan fingerprint density at radius 1 is 1.17 bits per heavy atom. The first-order valence-corrected chi connectivity index (χ1v) is 10.3.